The van der Waals surface area contributed by atoms with Gasteiger partial charge in [-0.05, 0) is 67.7 Å². The van der Waals surface area contributed by atoms with Gasteiger partial charge in [-0.25, -0.2) is 27.2 Å². The summed E-state index contributed by atoms with van der Waals surface area (Å²) in [6.07, 6.45) is 3.21. The lowest BCUT2D eigenvalue weighted by atomic mass is 9.85. The average molecular weight is 833 g/mol. The molecule has 3 amide bonds. The van der Waals surface area contributed by atoms with Crippen molar-refractivity contribution in [3.05, 3.63) is 66.1 Å². The number of sulfonamides is 1. The number of nitrogens with zero attached hydrogens (tertiary/aromatic N) is 5. The highest BCUT2D eigenvalue weighted by atomic mass is 32.2. The van der Waals surface area contributed by atoms with Crippen molar-refractivity contribution in [3.63, 3.8) is 0 Å². The number of ether oxygens (including phenoxy) is 1. The molecule has 0 radical (unpaired) electrons. The molecule has 4 aromatic rings. The summed E-state index contributed by atoms with van der Waals surface area (Å²) >= 11 is 0. The number of para-hydroxylation sites is 2. The highest BCUT2D eigenvalue weighted by molar-refractivity contribution is 7.91. The number of halogens is 2. The predicted molar refractivity (Wildman–Crippen MR) is 212 cm³/mol. The third-order valence-corrected chi connectivity index (χ3v) is 13.1. The summed E-state index contributed by atoms with van der Waals surface area (Å²) in [5.41, 5.74) is 0.236. The van der Waals surface area contributed by atoms with E-state index in [0.717, 1.165) is 30.4 Å². The van der Waals surface area contributed by atoms with Crippen LogP contribution in [0.15, 0.2) is 59.0 Å². The maximum absolute atomic E-state index is 14.8. The van der Waals surface area contributed by atoms with E-state index in [-0.39, 0.29) is 24.9 Å². The monoisotopic (exact) mass is 832 g/mol. The van der Waals surface area contributed by atoms with Crippen molar-refractivity contribution >= 4 is 50.9 Å². The van der Waals surface area contributed by atoms with Crippen LogP contribution in [-0.2, 0) is 30.8 Å². The lowest BCUT2D eigenvalue weighted by Crippen LogP contribution is -2.59. The minimum absolute atomic E-state index is 0.00710. The zero-order valence-corrected chi connectivity index (χ0v) is 33.7. The van der Waals surface area contributed by atoms with Gasteiger partial charge in [0.1, 0.15) is 29.4 Å². The molecular weight excluding hydrogens is 787 g/mol. The number of benzene rings is 2. The fourth-order valence-corrected chi connectivity index (χ4v) is 9.09. The standard InChI is InChI=1S/C41H46F2N8O7S/c1-40(2,3)33-37(53)51-22-25(20-30(51)35(52)47-41(21-27(41)34(42)43)38(54)50-59(55,56)26-17-18-26)57-36-32(44-28-14-8-9-15-29(28)45-36)24-13-10-12-23(19-24)11-6-4-5-7-16-31-48-49-39(46-33)58-31/h6,8-15,19,25-27,30,33-34H,4-5,7,16-18,20-22H2,1-3H3,(H,46,49)(H,47,52)(H,50,54)/b11-6+/t25-,27+,30+,33-,41-/m1/s1. The number of anilines is 1. The molecule has 312 valence electrons. The van der Waals surface area contributed by atoms with Crippen LogP contribution in [-0.4, -0.2) is 93.2 Å². The number of aromatic nitrogens is 4. The molecule has 1 saturated heterocycles. The van der Waals surface area contributed by atoms with Crippen molar-refractivity contribution < 1.29 is 40.7 Å². The third-order valence-electron chi connectivity index (χ3n) is 11.3. The number of hydrogen-bond acceptors (Lipinski definition) is 12. The van der Waals surface area contributed by atoms with Gasteiger partial charge < -0.3 is 24.7 Å². The second-order valence-electron chi connectivity index (χ2n) is 16.8. The number of allylic oxidation sites excluding steroid dienone is 1. The molecule has 6 bridgehead atoms. The number of hydrogen-bond donors (Lipinski definition) is 3. The number of alkyl halides is 2. The van der Waals surface area contributed by atoms with Crippen LogP contribution in [0.5, 0.6) is 5.88 Å². The van der Waals surface area contributed by atoms with Gasteiger partial charge in [-0.1, -0.05) is 68.4 Å². The Bertz CT molecular complexity index is 2420. The molecule has 2 aliphatic carbocycles. The van der Waals surface area contributed by atoms with E-state index in [1.54, 1.807) is 6.07 Å². The second kappa shape index (κ2) is 15.6. The topological polar surface area (TPSA) is 199 Å². The Morgan fingerprint density at radius 2 is 1.80 bits per heavy atom. The number of aryl methyl sites for hydroxylation is 1. The van der Waals surface area contributed by atoms with Crippen LogP contribution in [0.1, 0.15) is 77.2 Å². The Kier molecular flexibility index (Phi) is 10.6. The number of carbonyl (C=O) groups is 3. The van der Waals surface area contributed by atoms with E-state index >= 15 is 0 Å². The molecule has 4 heterocycles. The smallest absolute Gasteiger partial charge is 0.316 e. The van der Waals surface area contributed by atoms with Gasteiger partial charge in [0.15, 0.2) is 0 Å². The summed E-state index contributed by atoms with van der Waals surface area (Å²) < 4.78 is 68.4. The van der Waals surface area contributed by atoms with Gasteiger partial charge in [-0.15, -0.1) is 5.10 Å². The fraction of sp³-hybridized carbons (Fsp3) is 0.488. The molecule has 3 N–H and O–H groups in total. The molecule has 2 aromatic heterocycles. The summed E-state index contributed by atoms with van der Waals surface area (Å²) in [6, 6.07) is 12.6. The molecule has 0 spiro atoms. The van der Waals surface area contributed by atoms with Crippen LogP contribution in [0.25, 0.3) is 28.4 Å². The Balaban J connectivity index is 1.17. The number of carbonyl (C=O) groups excluding carboxylic acids is 3. The zero-order valence-electron chi connectivity index (χ0n) is 32.9. The Morgan fingerprint density at radius 1 is 1.03 bits per heavy atom. The van der Waals surface area contributed by atoms with E-state index in [9.17, 15) is 31.6 Å². The molecule has 2 aliphatic heterocycles. The number of nitrogens with one attached hydrogen (secondary N) is 3. The average Bonchev–Trinajstić information content (AvgIpc) is 4.09. The van der Waals surface area contributed by atoms with Crippen LogP contribution in [0.2, 0.25) is 0 Å². The van der Waals surface area contributed by atoms with E-state index in [0.29, 0.717) is 41.9 Å². The van der Waals surface area contributed by atoms with Crippen molar-refractivity contribution in [3.8, 4) is 17.1 Å². The van der Waals surface area contributed by atoms with Crippen molar-refractivity contribution in [2.45, 2.75) is 108 Å². The molecule has 59 heavy (non-hydrogen) atoms. The zero-order chi connectivity index (χ0) is 41.7. The third kappa shape index (κ3) is 8.49. The summed E-state index contributed by atoms with van der Waals surface area (Å²) in [6.45, 7) is 5.30. The summed E-state index contributed by atoms with van der Waals surface area (Å²) in [7, 11) is -4.13. The minimum Gasteiger partial charge on any atom is -0.471 e. The largest absolute Gasteiger partial charge is 0.471 e. The first-order chi connectivity index (χ1) is 28.1. The quantitative estimate of drug-likeness (QED) is 0.234. The Morgan fingerprint density at radius 3 is 2.51 bits per heavy atom. The van der Waals surface area contributed by atoms with Gasteiger partial charge >= 0.3 is 6.01 Å². The number of fused-ring (bicyclic) bond motifs is 9. The lowest BCUT2D eigenvalue weighted by molar-refractivity contribution is -0.141. The first-order valence-corrected chi connectivity index (χ1v) is 21.4. The first kappa shape index (κ1) is 40.3. The number of rotatable bonds is 6. The normalized spacial score (nSPS) is 25.6. The van der Waals surface area contributed by atoms with Gasteiger partial charge in [0.25, 0.3) is 5.91 Å². The molecule has 18 heteroatoms. The van der Waals surface area contributed by atoms with Gasteiger partial charge in [0.2, 0.25) is 40.0 Å². The number of amides is 3. The van der Waals surface area contributed by atoms with Crippen LogP contribution >= 0.6 is 0 Å². The SMILES string of the molecule is CC(C)(C)[C@@H]1Nc2nnc(o2)CCCC/C=C/c2cccc(c2)-c2nc3ccccc3nc2O[C@@H]2C[C@@H](C(=O)N[C@]3(C(=O)NS(=O)(=O)C4CC4)C[C@H]3C(F)F)N(C2)C1=O. The molecule has 0 unspecified atom stereocenters. The van der Waals surface area contributed by atoms with Crippen LogP contribution < -0.4 is 20.1 Å². The van der Waals surface area contributed by atoms with Gasteiger partial charge in [0, 0.05) is 18.4 Å². The van der Waals surface area contributed by atoms with E-state index in [4.69, 9.17) is 19.1 Å². The molecule has 2 saturated carbocycles. The van der Waals surface area contributed by atoms with E-state index in [2.05, 4.69) is 26.9 Å². The highest BCUT2D eigenvalue weighted by Crippen LogP contribution is 2.48. The van der Waals surface area contributed by atoms with Crippen LogP contribution in [0, 0.1) is 11.3 Å². The minimum atomic E-state index is -4.13. The summed E-state index contributed by atoms with van der Waals surface area (Å²) in [5.74, 6) is -3.82. The van der Waals surface area contributed by atoms with E-state index in [1.165, 1.54) is 4.90 Å². The molecule has 2 aromatic carbocycles. The molecular formula is C41H46F2N8O7S. The van der Waals surface area contributed by atoms with Crippen molar-refractivity contribution in [1.82, 2.24) is 35.1 Å². The summed E-state index contributed by atoms with van der Waals surface area (Å²) in [4.78, 5) is 53.8. The first-order valence-electron chi connectivity index (χ1n) is 19.9. The second-order valence-corrected chi connectivity index (χ2v) is 18.8. The van der Waals surface area contributed by atoms with E-state index < -0.39 is 80.9 Å². The Hall–Kier alpha value is -5.52. The Labute approximate surface area is 339 Å². The highest BCUT2D eigenvalue weighted by Gasteiger charge is 2.67. The van der Waals surface area contributed by atoms with Gasteiger partial charge in [-0.2, -0.15) is 0 Å². The molecule has 5 atom stereocenters. The van der Waals surface area contributed by atoms with E-state index in [1.807, 2.05) is 74.0 Å². The molecule has 15 nitrogen and oxygen atoms in total. The van der Waals surface area contributed by atoms with Crippen LogP contribution in [0.4, 0.5) is 14.8 Å². The predicted octanol–water partition coefficient (Wildman–Crippen LogP) is 5.04. The lowest BCUT2D eigenvalue weighted by Gasteiger charge is -2.35. The van der Waals surface area contributed by atoms with Crippen LogP contribution in [0.3, 0.4) is 0 Å². The molecule has 3 fully saturated rings. The van der Waals surface area contributed by atoms with Crippen molar-refractivity contribution in [2.75, 3.05) is 11.9 Å². The molecule has 4 aliphatic rings. The van der Waals surface area contributed by atoms with Gasteiger partial charge in [0.05, 0.1) is 28.7 Å². The summed E-state index contributed by atoms with van der Waals surface area (Å²) in [5, 5.41) is 13.1. The maximum atomic E-state index is 14.8. The fourth-order valence-electron chi connectivity index (χ4n) is 7.72. The molecule has 8 rings (SSSR count). The maximum Gasteiger partial charge on any atom is 0.316 e. The van der Waals surface area contributed by atoms with Gasteiger partial charge in [-0.3, -0.25) is 19.1 Å². The van der Waals surface area contributed by atoms with Crippen molar-refractivity contribution in [1.29, 1.82) is 0 Å². The van der Waals surface area contributed by atoms with Crippen molar-refractivity contribution in [2.24, 2.45) is 11.3 Å².